The zero-order chi connectivity index (χ0) is 24.0. The van der Waals surface area contributed by atoms with Crippen molar-refractivity contribution in [2.75, 3.05) is 16.8 Å². The van der Waals surface area contributed by atoms with E-state index in [1.165, 1.54) is 12.3 Å². The van der Waals surface area contributed by atoms with Crippen LogP contribution in [-0.4, -0.2) is 46.5 Å². The van der Waals surface area contributed by atoms with Crippen LogP contribution in [0.3, 0.4) is 0 Å². The van der Waals surface area contributed by atoms with Crippen LogP contribution in [0, 0.1) is 6.92 Å². The fourth-order valence-electron chi connectivity index (χ4n) is 4.26. The van der Waals surface area contributed by atoms with Gasteiger partial charge in [0, 0.05) is 0 Å². The molecule has 11 heteroatoms. The van der Waals surface area contributed by atoms with E-state index in [1.807, 2.05) is 0 Å². The number of carbonyl (C=O) groups excluding carboxylic acids is 2. The molecule has 0 radical (unpaired) electrons. The minimum Gasteiger partial charge on any atom is -0.463 e. The predicted octanol–water partition coefficient (Wildman–Crippen LogP) is 2.71. The van der Waals surface area contributed by atoms with Crippen LogP contribution in [0.1, 0.15) is 38.9 Å². The van der Waals surface area contributed by atoms with Crippen molar-refractivity contribution >= 4 is 38.4 Å². The molecule has 1 aliphatic heterocycles. The number of nitrogens with zero attached hydrogens (tertiary/aromatic N) is 3. The Balaban J connectivity index is 1.67. The van der Waals surface area contributed by atoms with Crippen LogP contribution in [0.15, 0.2) is 53.1 Å². The van der Waals surface area contributed by atoms with Gasteiger partial charge in [-0.25, -0.2) is 18.1 Å². The highest BCUT2D eigenvalue weighted by Crippen LogP contribution is 2.32. The van der Waals surface area contributed by atoms with Crippen LogP contribution in [0.5, 0.6) is 0 Å². The summed E-state index contributed by atoms with van der Waals surface area (Å²) >= 11 is 0. The van der Waals surface area contributed by atoms with Gasteiger partial charge in [-0.15, -0.1) is 0 Å². The number of anilines is 1. The normalized spacial score (nSPS) is 17.1. The van der Waals surface area contributed by atoms with E-state index < -0.39 is 21.7 Å². The van der Waals surface area contributed by atoms with Crippen molar-refractivity contribution in [2.24, 2.45) is 5.73 Å². The number of pyridine rings is 1. The molecule has 34 heavy (non-hydrogen) atoms. The number of fused-ring (bicyclic) bond motifs is 1. The van der Waals surface area contributed by atoms with Gasteiger partial charge in [-0.1, -0.05) is 12.1 Å². The molecule has 1 fully saturated rings. The molecular formula is C23H21N5O5S. The Bertz CT molecular complexity index is 1540. The minimum atomic E-state index is -3.17. The number of nitrogens with one attached hydrogen (secondary N) is 1. The number of hydrogen-bond donors (Lipinski definition) is 2. The molecule has 5 rings (SSSR count). The van der Waals surface area contributed by atoms with Crippen LogP contribution in [-0.2, 0) is 9.84 Å². The summed E-state index contributed by atoms with van der Waals surface area (Å²) in [4.78, 5) is 29.9. The minimum absolute atomic E-state index is 0.0383. The molecule has 0 saturated carbocycles. The second-order valence-electron chi connectivity index (χ2n) is 8.18. The monoisotopic (exact) mass is 479 g/mol. The molecule has 4 aromatic rings. The van der Waals surface area contributed by atoms with E-state index in [0.717, 1.165) is 0 Å². The molecule has 3 N–H and O–H groups in total. The van der Waals surface area contributed by atoms with E-state index in [4.69, 9.17) is 10.2 Å². The van der Waals surface area contributed by atoms with Gasteiger partial charge in [-0.05, 0) is 43.7 Å². The molecule has 0 aliphatic carbocycles. The number of aromatic nitrogens is 3. The highest BCUT2D eigenvalue weighted by Gasteiger charge is 2.32. The lowest BCUT2D eigenvalue weighted by molar-refractivity contribution is 0.100. The lowest BCUT2D eigenvalue weighted by Gasteiger charge is -2.12. The number of benzene rings is 1. The topological polar surface area (TPSA) is 150 Å². The maximum Gasteiger partial charge on any atom is 0.256 e. The maximum atomic E-state index is 13.5. The third kappa shape index (κ3) is 3.83. The third-order valence-corrected chi connectivity index (χ3v) is 7.60. The number of carbonyl (C=O) groups is 2. The maximum absolute atomic E-state index is 13.5. The lowest BCUT2D eigenvalue weighted by Crippen LogP contribution is -2.19. The standard InChI is InChI=1S/C23H21N5O5S/c1-13-20-16(23(30)26-17-6-3-2-5-15(17)21(24)29)11-18(19-7-4-9-33-19)25-22(20)28(27-13)14-8-10-34(31,32)12-14/h2-7,9,11,14H,8,10,12H2,1H3,(H2,24,29)(H,26,30). The number of hydrogen-bond acceptors (Lipinski definition) is 7. The summed E-state index contributed by atoms with van der Waals surface area (Å²) in [5.41, 5.74) is 7.49. The molecule has 0 spiro atoms. The Morgan fingerprint density at radius 1 is 1.18 bits per heavy atom. The smallest absolute Gasteiger partial charge is 0.256 e. The van der Waals surface area contributed by atoms with E-state index in [1.54, 1.807) is 48.0 Å². The summed E-state index contributed by atoms with van der Waals surface area (Å²) in [7, 11) is -3.17. The first kappa shape index (κ1) is 21.8. The number of nitrogens with two attached hydrogens (primary N) is 1. The van der Waals surface area contributed by atoms with Gasteiger partial charge >= 0.3 is 0 Å². The molecule has 1 aromatic carbocycles. The van der Waals surface area contributed by atoms with E-state index in [2.05, 4.69) is 15.4 Å². The number of aryl methyl sites for hydroxylation is 1. The molecule has 1 atom stereocenters. The van der Waals surface area contributed by atoms with Crippen molar-refractivity contribution in [3.8, 4) is 11.5 Å². The van der Waals surface area contributed by atoms with Crippen LogP contribution >= 0.6 is 0 Å². The molecule has 1 unspecified atom stereocenters. The van der Waals surface area contributed by atoms with Crippen molar-refractivity contribution in [1.29, 1.82) is 0 Å². The Morgan fingerprint density at radius 3 is 2.65 bits per heavy atom. The zero-order valence-electron chi connectivity index (χ0n) is 18.2. The Morgan fingerprint density at radius 2 is 1.97 bits per heavy atom. The van der Waals surface area contributed by atoms with E-state index in [0.29, 0.717) is 34.6 Å². The van der Waals surface area contributed by atoms with Crippen LogP contribution in [0.4, 0.5) is 5.69 Å². The molecule has 174 valence electrons. The Labute approximate surface area is 194 Å². The van der Waals surface area contributed by atoms with Crippen LogP contribution < -0.4 is 11.1 Å². The van der Waals surface area contributed by atoms with Crippen LogP contribution in [0.25, 0.3) is 22.5 Å². The fourth-order valence-corrected chi connectivity index (χ4v) is 5.95. The van der Waals surface area contributed by atoms with Gasteiger partial charge < -0.3 is 15.5 Å². The van der Waals surface area contributed by atoms with E-state index in [-0.39, 0.29) is 34.4 Å². The van der Waals surface area contributed by atoms with Gasteiger partial charge in [0.1, 0.15) is 5.69 Å². The molecule has 4 heterocycles. The molecule has 0 bridgehead atoms. The highest BCUT2D eigenvalue weighted by molar-refractivity contribution is 7.91. The number of primary amides is 1. The number of rotatable bonds is 5. The van der Waals surface area contributed by atoms with Gasteiger partial charge in [0.15, 0.2) is 21.2 Å². The lowest BCUT2D eigenvalue weighted by atomic mass is 10.1. The van der Waals surface area contributed by atoms with E-state index >= 15 is 0 Å². The Hall–Kier alpha value is -3.99. The van der Waals surface area contributed by atoms with Crippen molar-refractivity contribution in [1.82, 2.24) is 14.8 Å². The third-order valence-electron chi connectivity index (χ3n) is 5.85. The summed E-state index contributed by atoms with van der Waals surface area (Å²) in [5.74, 6) is -0.677. The molecule has 3 aromatic heterocycles. The van der Waals surface area contributed by atoms with Crippen LogP contribution in [0.2, 0.25) is 0 Å². The highest BCUT2D eigenvalue weighted by atomic mass is 32.2. The van der Waals surface area contributed by atoms with Gasteiger partial charge in [0.25, 0.3) is 11.8 Å². The number of amides is 2. The molecule has 1 aliphatic rings. The van der Waals surface area contributed by atoms with Crippen molar-refractivity contribution in [2.45, 2.75) is 19.4 Å². The first-order valence-corrected chi connectivity index (χ1v) is 12.4. The largest absolute Gasteiger partial charge is 0.463 e. The van der Waals surface area contributed by atoms with Gasteiger partial charge in [0.2, 0.25) is 0 Å². The number of sulfone groups is 1. The molecule has 1 saturated heterocycles. The zero-order valence-corrected chi connectivity index (χ0v) is 19.0. The van der Waals surface area contributed by atoms with Crippen molar-refractivity contribution < 1.29 is 22.4 Å². The first-order valence-electron chi connectivity index (χ1n) is 10.6. The fraction of sp³-hybridized carbons (Fsp3) is 0.217. The number of para-hydroxylation sites is 1. The Kier molecular flexibility index (Phi) is 5.20. The van der Waals surface area contributed by atoms with Gasteiger partial charge in [0.05, 0.1) is 51.7 Å². The molecule has 10 nitrogen and oxygen atoms in total. The average Bonchev–Trinajstić information content (AvgIpc) is 3.53. The summed E-state index contributed by atoms with van der Waals surface area (Å²) in [6.45, 7) is 1.74. The first-order chi connectivity index (χ1) is 16.2. The quantitative estimate of drug-likeness (QED) is 0.447. The molecular weight excluding hydrogens is 458 g/mol. The van der Waals surface area contributed by atoms with Crippen molar-refractivity contribution in [3.63, 3.8) is 0 Å². The summed E-state index contributed by atoms with van der Waals surface area (Å²) in [6, 6.07) is 11.1. The SMILES string of the molecule is Cc1nn(C2CCS(=O)(=O)C2)c2nc(-c3ccco3)cc(C(=O)Nc3ccccc3C(N)=O)c12. The average molecular weight is 480 g/mol. The van der Waals surface area contributed by atoms with E-state index in [9.17, 15) is 18.0 Å². The summed E-state index contributed by atoms with van der Waals surface area (Å²) in [6.07, 6.45) is 1.91. The van der Waals surface area contributed by atoms with Gasteiger partial charge in [-0.2, -0.15) is 5.10 Å². The molecule has 2 amide bonds. The van der Waals surface area contributed by atoms with Gasteiger partial charge in [-0.3, -0.25) is 9.59 Å². The number of furan rings is 1. The second kappa shape index (κ2) is 8.10. The summed E-state index contributed by atoms with van der Waals surface area (Å²) in [5, 5.41) is 7.82. The van der Waals surface area contributed by atoms with Crippen molar-refractivity contribution in [3.05, 3.63) is 65.5 Å². The predicted molar refractivity (Wildman–Crippen MR) is 125 cm³/mol. The summed E-state index contributed by atoms with van der Waals surface area (Å²) < 4.78 is 31.3. The second-order valence-corrected chi connectivity index (χ2v) is 10.4.